The van der Waals surface area contributed by atoms with E-state index in [2.05, 4.69) is 28.2 Å². The largest absolute Gasteiger partial charge is 0.375 e. The van der Waals surface area contributed by atoms with E-state index in [0.29, 0.717) is 10.2 Å². The number of rotatable bonds is 6. The summed E-state index contributed by atoms with van der Waals surface area (Å²) in [6, 6.07) is 12.1. The summed E-state index contributed by atoms with van der Waals surface area (Å²) in [4.78, 5) is 0. The Kier molecular flexibility index (Phi) is 5.74. The lowest BCUT2D eigenvalue weighted by Gasteiger charge is -2.21. The van der Waals surface area contributed by atoms with Crippen molar-refractivity contribution >= 4 is 21.6 Å². The van der Waals surface area contributed by atoms with Gasteiger partial charge in [0.2, 0.25) is 0 Å². The Morgan fingerprint density at radius 1 is 1.14 bits per heavy atom. The molecule has 0 amide bonds. The maximum absolute atomic E-state index is 14.0. The highest BCUT2D eigenvalue weighted by atomic mass is 79.9. The van der Waals surface area contributed by atoms with E-state index in [1.807, 2.05) is 30.3 Å². The number of benzene rings is 2. The first-order chi connectivity index (χ1) is 10.1. The molecule has 1 nitrogen and oxygen atoms in total. The van der Waals surface area contributed by atoms with Gasteiger partial charge in [-0.3, -0.25) is 0 Å². The standard InChI is InChI=1S/C17H18BrF2N/c1-2-3-9-16(12-7-5-4-6-8-12)21-17-14(18)10-13(19)11-15(17)20/h4-8,10-11,16,21H,2-3,9H2,1H3. The van der Waals surface area contributed by atoms with Crippen molar-refractivity contribution in [3.63, 3.8) is 0 Å². The van der Waals surface area contributed by atoms with Gasteiger partial charge in [0.25, 0.3) is 0 Å². The van der Waals surface area contributed by atoms with E-state index in [1.54, 1.807) is 0 Å². The van der Waals surface area contributed by atoms with Crippen LogP contribution in [0.5, 0.6) is 0 Å². The Labute approximate surface area is 132 Å². The van der Waals surface area contributed by atoms with Gasteiger partial charge < -0.3 is 5.32 Å². The van der Waals surface area contributed by atoms with Crippen LogP contribution in [0, 0.1) is 11.6 Å². The highest BCUT2D eigenvalue weighted by Gasteiger charge is 2.16. The Morgan fingerprint density at radius 3 is 2.48 bits per heavy atom. The lowest BCUT2D eigenvalue weighted by Crippen LogP contribution is -2.12. The fourth-order valence-corrected chi connectivity index (χ4v) is 2.79. The second kappa shape index (κ2) is 7.55. The van der Waals surface area contributed by atoms with Gasteiger partial charge in [-0.1, -0.05) is 50.1 Å². The molecule has 2 aromatic rings. The Bertz CT molecular complexity index is 564. The van der Waals surface area contributed by atoms with Gasteiger partial charge in [0, 0.05) is 10.5 Å². The van der Waals surface area contributed by atoms with Gasteiger partial charge in [-0.2, -0.15) is 0 Å². The summed E-state index contributed by atoms with van der Waals surface area (Å²) in [5, 5.41) is 3.21. The third-order valence-electron chi connectivity index (χ3n) is 3.37. The molecule has 0 saturated carbocycles. The minimum Gasteiger partial charge on any atom is -0.375 e. The fourth-order valence-electron chi connectivity index (χ4n) is 2.27. The Hall–Kier alpha value is -1.42. The molecule has 0 saturated heterocycles. The molecule has 0 fully saturated rings. The summed E-state index contributed by atoms with van der Waals surface area (Å²) in [5.74, 6) is -1.17. The number of unbranched alkanes of at least 4 members (excludes halogenated alkanes) is 1. The molecule has 1 unspecified atom stereocenters. The lowest BCUT2D eigenvalue weighted by molar-refractivity contribution is 0.576. The molecular weight excluding hydrogens is 336 g/mol. The number of hydrogen-bond acceptors (Lipinski definition) is 1. The maximum Gasteiger partial charge on any atom is 0.150 e. The van der Waals surface area contributed by atoms with E-state index in [0.717, 1.165) is 30.9 Å². The van der Waals surface area contributed by atoms with E-state index in [-0.39, 0.29) is 6.04 Å². The van der Waals surface area contributed by atoms with Crippen molar-refractivity contribution in [3.05, 3.63) is 64.1 Å². The van der Waals surface area contributed by atoms with Crippen molar-refractivity contribution in [2.24, 2.45) is 0 Å². The first-order valence-corrected chi connectivity index (χ1v) is 7.87. The number of anilines is 1. The van der Waals surface area contributed by atoms with Gasteiger partial charge in [-0.05, 0) is 34.0 Å². The molecular formula is C17H18BrF2N. The van der Waals surface area contributed by atoms with Crippen LogP contribution < -0.4 is 5.32 Å². The van der Waals surface area contributed by atoms with Gasteiger partial charge in [-0.25, -0.2) is 8.78 Å². The zero-order valence-electron chi connectivity index (χ0n) is 11.9. The molecule has 0 radical (unpaired) electrons. The molecule has 0 aliphatic heterocycles. The molecule has 0 aromatic heterocycles. The average molecular weight is 354 g/mol. The quantitative estimate of drug-likeness (QED) is 0.664. The van der Waals surface area contributed by atoms with Crippen LogP contribution >= 0.6 is 15.9 Å². The van der Waals surface area contributed by atoms with E-state index in [1.165, 1.54) is 6.07 Å². The third-order valence-corrected chi connectivity index (χ3v) is 4.00. The molecule has 0 heterocycles. The smallest absolute Gasteiger partial charge is 0.150 e. The summed E-state index contributed by atoms with van der Waals surface area (Å²) >= 11 is 3.22. The summed E-state index contributed by atoms with van der Waals surface area (Å²) in [7, 11) is 0. The van der Waals surface area contributed by atoms with Crippen LogP contribution in [0.25, 0.3) is 0 Å². The predicted octanol–water partition coefficient (Wildman–Crippen LogP) is 6.07. The van der Waals surface area contributed by atoms with E-state index in [9.17, 15) is 8.78 Å². The van der Waals surface area contributed by atoms with Crippen molar-refractivity contribution in [3.8, 4) is 0 Å². The number of nitrogens with one attached hydrogen (secondary N) is 1. The minimum atomic E-state index is -0.588. The molecule has 2 aromatic carbocycles. The lowest BCUT2D eigenvalue weighted by atomic mass is 10.0. The van der Waals surface area contributed by atoms with Gasteiger partial charge in [-0.15, -0.1) is 0 Å². The first kappa shape index (κ1) is 16.0. The molecule has 4 heteroatoms. The van der Waals surface area contributed by atoms with Crippen LogP contribution in [0.3, 0.4) is 0 Å². The Balaban J connectivity index is 2.27. The highest BCUT2D eigenvalue weighted by Crippen LogP contribution is 2.32. The van der Waals surface area contributed by atoms with Crippen LogP contribution in [0.15, 0.2) is 46.9 Å². The molecule has 112 valence electrons. The maximum atomic E-state index is 14.0. The molecule has 0 aliphatic carbocycles. The number of halogens is 3. The molecule has 0 aliphatic rings. The first-order valence-electron chi connectivity index (χ1n) is 7.08. The number of hydrogen-bond donors (Lipinski definition) is 1. The van der Waals surface area contributed by atoms with Gasteiger partial charge >= 0.3 is 0 Å². The van der Waals surface area contributed by atoms with Crippen LogP contribution in [-0.4, -0.2) is 0 Å². The van der Waals surface area contributed by atoms with Crippen molar-refractivity contribution in [1.82, 2.24) is 0 Å². The molecule has 0 bridgehead atoms. The molecule has 0 spiro atoms. The van der Waals surface area contributed by atoms with Crippen molar-refractivity contribution < 1.29 is 8.78 Å². The zero-order chi connectivity index (χ0) is 15.2. The summed E-state index contributed by atoms with van der Waals surface area (Å²) in [5.41, 5.74) is 1.41. The predicted molar refractivity (Wildman–Crippen MR) is 86.4 cm³/mol. The Morgan fingerprint density at radius 2 is 1.86 bits per heavy atom. The minimum absolute atomic E-state index is 0.00223. The van der Waals surface area contributed by atoms with E-state index >= 15 is 0 Å². The molecule has 1 atom stereocenters. The van der Waals surface area contributed by atoms with E-state index < -0.39 is 11.6 Å². The second-order valence-corrected chi connectivity index (χ2v) is 5.85. The monoisotopic (exact) mass is 353 g/mol. The topological polar surface area (TPSA) is 12.0 Å². The third kappa shape index (κ3) is 4.27. The van der Waals surface area contributed by atoms with Crippen LogP contribution in [-0.2, 0) is 0 Å². The van der Waals surface area contributed by atoms with Gasteiger partial charge in [0.05, 0.1) is 11.7 Å². The average Bonchev–Trinajstić information content (AvgIpc) is 2.46. The molecule has 1 N–H and O–H groups in total. The van der Waals surface area contributed by atoms with Crippen molar-refractivity contribution in [2.75, 3.05) is 5.32 Å². The normalized spacial score (nSPS) is 12.2. The molecule has 21 heavy (non-hydrogen) atoms. The summed E-state index contributed by atoms with van der Waals surface area (Å²) < 4.78 is 27.6. The second-order valence-electron chi connectivity index (χ2n) is 4.99. The SMILES string of the molecule is CCCCC(Nc1c(F)cc(F)cc1Br)c1ccccc1. The molecule has 2 rings (SSSR count). The van der Waals surface area contributed by atoms with E-state index in [4.69, 9.17) is 0 Å². The van der Waals surface area contributed by atoms with Crippen LogP contribution in [0.1, 0.15) is 37.8 Å². The highest BCUT2D eigenvalue weighted by molar-refractivity contribution is 9.10. The fraction of sp³-hybridized carbons (Fsp3) is 0.294. The summed E-state index contributed by atoms with van der Waals surface area (Å²) in [6.07, 6.45) is 2.99. The van der Waals surface area contributed by atoms with Gasteiger partial charge in [0.15, 0.2) is 0 Å². The van der Waals surface area contributed by atoms with Crippen molar-refractivity contribution in [2.45, 2.75) is 32.2 Å². The zero-order valence-corrected chi connectivity index (χ0v) is 13.5. The van der Waals surface area contributed by atoms with Crippen LogP contribution in [0.2, 0.25) is 0 Å². The van der Waals surface area contributed by atoms with Gasteiger partial charge in [0.1, 0.15) is 11.6 Å². The summed E-state index contributed by atoms with van der Waals surface area (Å²) in [6.45, 7) is 2.12. The van der Waals surface area contributed by atoms with Crippen LogP contribution in [0.4, 0.5) is 14.5 Å². The van der Waals surface area contributed by atoms with Crippen molar-refractivity contribution in [1.29, 1.82) is 0 Å².